The van der Waals surface area contributed by atoms with Crippen molar-refractivity contribution in [3.63, 3.8) is 0 Å². The second kappa shape index (κ2) is 6.89. The van der Waals surface area contributed by atoms with E-state index in [2.05, 4.69) is 17.1 Å². The molecule has 1 aromatic rings. The summed E-state index contributed by atoms with van der Waals surface area (Å²) in [4.78, 5) is 2.62. The van der Waals surface area contributed by atoms with Crippen LogP contribution in [0.2, 0.25) is 0 Å². The van der Waals surface area contributed by atoms with Crippen LogP contribution in [0.4, 0.5) is 4.39 Å². The molecular formula is C18H27FN2. The lowest BCUT2D eigenvalue weighted by atomic mass is 10.0. The van der Waals surface area contributed by atoms with Gasteiger partial charge in [-0.3, -0.25) is 4.90 Å². The Morgan fingerprint density at radius 3 is 2.71 bits per heavy atom. The van der Waals surface area contributed by atoms with Crippen molar-refractivity contribution >= 4 is 0 Å². The van der Waals surface area contributed by atoms with Gasteiger partial charge in [-0.2, -0.15) is 0 Å². The lowest BCUT2D eigenvalue weighted by molar-refractivity contribution is 0.164. The van der Waals surface area contributed by atoms with Crippen LogP contribution in [0.15, 0.2) is 24.3 Å². The first-order valence-electron chi connectivity index (χ1n) is 8.46. The molecule has 0 spiro atoms. The SMILES string of the molecule is CC(Cc1ccccc1F)N(CC1CCCCN1)C1CC1. The Bertz CT molecular complexity index is 452. The second-order valence-electron chi connectivity index (χ2n) is 6.72. The zero-order valence-corrected chi connectivity index (χ0v) is 13.0. The van der Waals surface area contributed by atoms with Gasteiger partial charge in [0.15, 0.2) is 0 Å². The fourth-order valence-corrected chi connectivity index (χ4v) is 3.53. The summed E-state index contributed by atoms with van der Waals surface area (Å²) in [5, 5.41) is 3.65. The van der Waals surface area contributed by atoms with Crippen molar-refractivity contribution in [3.05, 3.63) is 35.6 Å². The average Bonchev–Trinajstić information content (AvgIpc) is 3.33. The second-order valence-corrected chi connectivity index (χ2v) is 6.72. The van der Waals surface area contributed by atoms with E-state index in [0.717, 1.165) is 31.1 Å². The lowest BCUT2D eigenvalue weighted by Gasteiger charge is -2.35. The Hall–Kier alpha value is -0.930. The lowest BCUT2D eigenvalue weighted by Crippen LogP contribution is -2.48. The Kier molecular flexibility index (Phi) is 4.91. The molecule has 0 radical (unpaired) electrons. The highest BCUT2D eigenvalue weighted by Crippen LogP contribution is 2.30. The van der Waals surface area contributed by atoms with Gasteiger partial charge in [-0.15, -0.1) is 0 Å². The van der Waals surface area contributed by atoms with Crippen molar-refractivity contribution in [3.8, 4) is 0 Å². The first-order chi connectivity index (χ1) is 10.2. The molecule has 0 bridgehead atoms. The minimum absolute atomic E-state index is 0.0594. The van der Waals surface area contributed by atoms with E-state index in [1.807, 2.05) is 12.1 Å². The van der Waals surface area contributed by atoms with E-state index < -0.39 is 0 Å². The monoisotopic (exact) mass is 290 g/mol. The van der Waals surface area contributed by atoms with Crippen LogP contribution in [-0.4, -0.2) is 36.1 Å². The maximum Gasteiger partial charge on any atom is 0.126 e. The number of rotatable bonds is 6. The smallest absolute Gasteiger partial charge is 0.126 e. The van der Waals surface area contributed by atoms with Crippen molar-refractivity contribution in [2.45, 2.75) is 63.6 Å². The molecular weight excluding hydrogens is 263 g/mol. The fraction of sp³-hybridized carbons (Fsp3) is 0.667. The topological polar surface area (TPSA) is 15.3 Å². The van der Waals surface area contributed by atoms with Gasteiger partial charge < -0.3 is 5.32 Å². The molecule has 116 valence electrons. The number of hydrogen-bond acceptors (Lipinski definition) is 2. The minimum atomic E-state index is -0.0594. The highest BCUT2D eigenvalue weighted by atomic mass is 19.1. The van der Waals surface area contributed by atoms with Gasteiger partial charge in [-0.05, 0) is 57.2 Å². The van der Waals surface area contributed by atoms with E-state index in [1.165, 1.54) is 32.1 Å². The summed E-state index contributed by atoms with van der Waals surface area (Å²) in [7, 11) is 0. The maximum atomic E-state index is 13.9. The van der Waals surface area contributed by atoms with Gasteiger partial charge >= 0.3 is 0 Å². The quantitative estimate of drug-likeness (QED) is 0.864. The molecule has 1 aliphatic heterocycles. The molecule has 1 saturated heterocycles. The van der Waals surface area contributed by atoms with E-state index in [4.69, 9.17) is 0 Å². The Labute approximate surface area is 127 Å². The number of halogens is 1. The minimum Gasteiger partial charge on any atom is -0.313 e. The average molecular weight is 290 g/mol. The first-order valence-corrected chi connectivity index (χ1v) is 8.46. The van der Waals surface area contributed by atoms with E-state index in [1.54, 1.807) is 12.1 Å². The van der Waals surface area contributed by atoms with Gasteiger partial charge in [0.05, 0.1) is 0 Å². The van der Waals surface area contributed by atoms with Gasteiger partial charge in [0.2, 0.25) is 0 Å². The summed E-state index contributed by atoms with van der Waals surface area (Å²) in [5.41, 5.74) is 0.854. The molecule has 1 N–H and O–H groups in total. The van der Waals surface area contributed by atoms with Crippen LogP contribution in [-0.2, 0) is 6.42 Å². The van der Waals surface area contributed by atoms with Crippen molar-refractivity contribution in [2.24, 2.45) is 0 Å². The van der Waals surface area contributed by atoms with Gasteiger partial charge in [-0.1, -0.05) is 24.6 Å². The third-order valence-corrected chi connectivity index (χ3v) is 4.90. The number of nitrogens with zero attached hydrogens (tertiary/aromatic N) is 1. The van der Waals surface area contributed by atoms with Crippen LogP contribution >= 0.6 is 0 Å². The summed E-state index contributed by atoms with van der Waals surface area (Å²) in [6, 6.07) is 8.99. The molecule has 2 aliphatic rings. The van der Waals surface area contributed by atoms with Crippen molar-refractivity contribution in [1.29, 1.82) is 0 Å². The van der Waals surface area contributed by atoms with Crippen LogP contribution in [0.1, 0.15) is 44.6 Å². The number of piperidine rings is 1. The standard InChI is InChI=1S/C18H27FN2/c1-14(12-15-6-2-3-8-18(15)19)21(17-9-10-17)13-16-7-4-5-11-20-16/h2-3,6,8,14,16-17,20H,4-5,7,9-13H2,1H3. The third kappa shape index (κ3) is 4.04. The molecule has 3 rings (SSSR count). The maximum absolute atomic E-state index is 13.9. The Morgan fingerprint density at radius 1 is 1.24 bits per heavy atom. The molecule has 3 heteroatoms. The van der Waals surface area contributed by atoms with Crippen LogP contribution in [0.25, 0.3) is 0 Å². The molecule has 2 fully saturated rings. The molecule has 2 atom stereocenters. The van der Waals surface area contributed by atoms with Crippen LogP contribution < -0.4 is 5.32 Å². The number of nitrogens with one attached hydrogen (secondary N) is 1. The molecule has 21 heavy (non-hydrogen) atoms. The number of hydrogen-bond donors (Lipinski definition) is 1. The number of benzene rings is 1. The van der Waals surface area contributed by atoms with Gasteiger partial charge in [0.25, 0.3) is 0 Å². The van der Waals surface area contributed by atoms with Crippen LogP contribution in [0.5, 0.6) is 0 Å². The molecule has 1 saturated carbocycles. The predicted octanol–water partition coefficient (Wildman–Crippen LogP) is 3.36. The fourth-order valence-electron chi connectivity index (χ4n) is 3.53. The highest BCUT2D eigenvalue weighted by Gasteiger charge is 2.34. The van der Waals surface area contributed by atoms with E-state index in [9.17, 15) is 4.39 Å². The third-order valence-electron chi connectivity index (χ3n) is 4.90. The molecule has 1 heterocycles. The highest BCUT2D eigenvalue weighted by molar-refractivity contribution is 5.18. The summed E-state index contributed by atoms with van der Waals surface area (Å²) in [5.74, 6) is -0.0594. The summed E-state index contributed by atoms with van der Waals surface area (Å²) >= 11 is 0. The molecule has 0 aromatic heterocycles. The molecule has 2 unspecified atom stereocenters. The molecule has 0 amide bonds. The van der Waals surface area contributed by atoms with Crippen LogP contribution in [0, 0.1) is 5.82 Å². The summed E-state index contributed by atoms with van der Waals surface area (Å²) < 4.78 is 13.9. The van der Waals surface area contributed by atoms with Crippen molar-refractivity contribution in [1.82, 2.24) is 10.2 Å². The zero-order chi connectivity index (χ0) is 14.7. The van der Waals surface area contributed by atoms with Gasteiger partial charge in [0.1, 0.15) is 5.82 Å². The molecule has 2 nitrogen and oxygen atoms in total. The Morgan fingerprint density at radius 2 is 2.05 bits per heavy atom. The van der Waals surface area contributed by atoms with Crippen molar-refractivity contribution < 1.29 is 4.39 Å². The predicted molar refractivity (Wildman–Crippen MR) is 84.9 cm³/mol. The molecule has 1 aliphatic carbocycles. The largest absolute Gasteiger partial charge is 0.313 e. The normalized spacial score (nSPS) is 24.2. The van der Waals surface area contributed by atoms with E-state index in [-0.39, 0.29) is 5.82 Å². The van der Waals surface area contributed by atoms with E-state index in [0.29, 0.717) is 12.1 Å². The van der Waals surface area contributed by atoms with Gasteiger partial charge in [-0.25, -0.2) is 4.39 Å². The van der Waals surface area contributed by atoms with E-state index >= 15 is 0 Å². The van der Waals surface area contributed by atoms with Crippen LogP contribution in [0.3, 0.4) is 0 Å². The zero-order valence-electron chi connectivity index (χ0n) is 13.0. The Balaban J connectivity index is 1.61. The first kappa shape index (κ1) is 15.0. The van der Waals surface area contributed by atoms with Crippen molar-refractivity contribution in [2.75, 3.05) is 13.1 Å². The molecule has 1 aromatic carbocycles. The summed E-state index contributed by atoms with van der Waals surface area (Å²) in [6.45, 7) is 4.54. The van der Waals surface area contributed by atoms with Gasteiger partial charge in [0, 0.05) is 24.7 Å². The summed E-state index contributed by atoms with van der Waals surface area (Å²) in [6.07, 6.45) is 7.39.